The molecule has 0 radical (unpaired) electrons. The fraction of sp³-hybridized carbons (Fsp3) is 0.212. The number of H-pyrrole nitrogens is 1. The Morgan fingerprint density at radius 3 is 2.56 bits per heavy atom. The summed E-state index contributed by atoms with van der Waals surface area (Å²) in [5, 5.41) is 14.4. The van der Waals surface area contributed by atoms with Crippen LogP contribution in [0.3, 0.4) is 0 Å². The first kappa shape index (κ1) is 28.4. The summed E-state index contributed by atoms with van der Waals surface area (Å²) in [6.45, 7) is 3.32. The van der Waals surface area contributed by atoms with E-state index >= 15 is 0 Å². The number of tetrazole rings is 1. The number of nitrogens with zero attached hydrogens (tertiary/aromatic N) is 5. The van der Waals surface area contributed by atoms with Gasteiger partial charge in [0.25, 0.3) is 5.56 Å². The van der Waals surface area contributed by atoms with Crippen molar-refractivity contribution in [3.05, 3.63) is 140 Å². The molecule has 0 saturated heterocycles. The summed E-state index contributed by atoms with van der Waals surface area (Å²) in [5.41, 5.74) is 4.19. The van der Waals surface area contributed by atoms with Gasteiger partial charge in [0.05, 0.1) is 13.4 Å². The predicted molar refractivity (Wildman–Crippen MR) is 165 cm³/mol. The molecular weight excluding hydrogens is 564 g/mol. The average Bonchev–Trinajstić information content (AvgIpc) is 3.71. The number of methoxy groups -OCH3 is 1. The van der Waals surface area contributed by atoms with Gasteiger partial charge in [-0.15, -0.1) is 5.10 Å². The van der Waals surface area contributed by atoms with Gasteiger partial charge in [-0.05, 0) is 87.5 Å². The minimum atomic E-state index is -0.637. The predicted octanol–water partition coefficient (Wildman–Crippen LogP) is 6.17. The number of halogens is 1. The van der Waals surface area contributed by atoms with E-state index in [1.807, 2.05) is 78.9 Å². The normalized spacial score (nSPS) is 12.2. The van der Waals surface area contributed by atoms with E-state index in [-0.39, 0.29) is 5.56 Å². The number of aromatic amines is 1. The number of ether oxygens (including phenoxy) is 1. The zero-order valence-electron chi connectivity index (χ0n) is 23.9. The molecule has 0 bridgehead atoms. The fourth-order valence-corrected chi connectivity index (χ4v) is 5.51. The zero-order chi connectivity index (χ0) is 29.8. The number of pyridine rings is 1. The number of hydrogen-bond donors (Lipinski definition) is 1. The SMILES string of the molecule is CCc1ccc2[nH]c(=O)c(C(c3nnnn3Cc3ccco3)N(Cc3ccc(OC)cc3)Cc3ccccc3Cl)cc2c1. The Morgan fingerprint density at radius 1 is 1.00 bits per heavy atom. The molecule has 0 amide bonds. The summed E-state index contributed by atoms with van der Waals surface area (Å²) in [4.78, 5) is 19.2. The van der Waals surface area contributed by atoms with E-state index in [1.165, 1.54) is 5.56 Å². The van der Waals surface area contributed by atoms with Crippen molar-refractivity contribution in [2.75, 3.05) is 7.11 Å². The Morgan fingerprint density at radius 2 is 1.81 bits per heavy atom. The number of rotatable bonds is 11. The van der Waals surface area contributed by atoms with Gasteiger partial charge in [0.1, 0.15) is 24.1 Å². The minimum Gasteiger partial charge on any atom is -0.497 e. The van der Waals surface area contributed by atoms with Crippen molar-refractivity contribution in [3.8, 4) is 5.75 Å². The molecule has 1 atom stereocenters. The summed E-state index contributed by atoms with van der Waals surface area (Å²) in [5.74, 6) is 1.96. The van der Waals surface area contributed by atoms with Crippen LogP contribution >= 0.6 is 11.6 Å². The zero-order valence-corrected chi connectivity index (χ0v) is 24.7. The van der Waals surface area contributed by atoms with Gasteiger partial charge < -0.3 is 14.1 Å². The van der Waals surface area contributed by atoms with E-state index in [9.17, 15) is 4.79 Å². The third kappa shape index (κ3) is 6.23. The minimum absolute atomic E-state index is 0.215. The van der Waals surface area contributed by atoms with E-state index in [4.69, 9.17) is 20.8 Å². The number of aryl methyl sites for hydroxylation is 1. The van der Waals surface area contributed by atoms with E-state index in [2.05, 4.69) is 38.4 Å². The Balaban J connectivity index is 1.54. The fourth-order valence-electron chi connectivity index (χ4n) is 5.31. The molecule has 6 aromatic rings. The third-order valence-corrected chi connectivity index (χ3v) is 7.94. The van der Waals surface area contributed by atoms with Crippen LogP contribution < -0.4 is 10.3 Å². The Hall–Kier alpha value is -4.73. The molecule has 0 fully saturated rings. The van der Waals surface area contributed by atoms with Crippen molar-refractivity contribution in [3.63, 3.8) is 0 Å². The van der Waals surface area contributed by atoms with E-state index in [0.717, 1.165) is 34.2 Å². The molecule has 3 heterocycles. The number of hydrogen-bond acceptors (Lipinski definition) is 7. The monoisotopic (exact) mass is 594 g/mol. The van der Waals surface area contributed by atoms with Crippen LogP contribution in [0.2, 0.25) is 5.02 Å². The molecule has 3 aromatic heterocycles. The lowest BCUT2D eigenvalue weighted by atomic mass is 10.00. The lowest BCUT2D eigenvalue weighted by Gasteiger charge is -2.31. The van der Waals surface area contributed by atoms with Crippen LogP contribution in [0.5, 0.6) is 5.75 Å². The molecule has 0 aliphatic carbocycles. The largest absolute Gasteiger partial charge is 0.497 e. The lowest BCUT2D eigenvalue weighted by Crippen LogP contribution is -2.35. The quantitative estimate of drug-likeness (QED) is 0.191. The topological polar surface area (TPSA) is 102 Å². The highest BCUT2D eigenvalue weighted by Gasteiger charge is 2.31. The molecule has 0 saturated carbocycles. The molecular formula is C33H31ClN6O3. The third-order valence-electron chi connectivity index (χ3n) is 7.57. The van der Waals surface area contributed by atoms with Crippen LogP contribution in [0, 0.1) is 0 Å². The maximum Gasteiger partial charge on any atom is 0.253 e. The van der Waals surface area contributed by atoms with Gasteiger partial charge in [-0.3, -0.25) is 9.69 Å². The second kappa shape index (κ2) is 12.6. The van der Waals surface area contributed by atoms with Gasteiger partial charge in [0.15, 0.2) is 5.82 Å². The summed E-state index contributed by atoms with van der Waals surface area (Å²) >= 11 is 6.69. The number of nitrogens with one attached hydrogen (secondary N) is 1. The molecule has 1 N–H and O–H groups in total. The van der Waals surface area contributed by atoms with Gasteiger partial charge in [0.2, 0.25) is 0 Å². The molecule has 218 valence electrons. The Kier molecular flexibility index (Phi) is 8.35. The van der Waals surface area contributed by atoms with Crippen LogP contribution in [-0.2, 0) is 26.1 Å². The molecule has 0 spiro atoms. The van der Waals surface area contributed by atoms with Crippen LogP contribution in [0.1, 0.15) is 46.8 Å². The van der Waals surface area contributed by atoms with Crippen LogP contribution in [0.4, 0.5) is 0 Å². The van der Waals surface area contributed by atoms with Gasteiger partial charge in [-0.25, -0.2) is 4.68 Å². The van der Waals surface area contributed by atoms with Crippen molar-refractivity contribution in [2.45, 2.75) is 39.0 Å². The van der Waals surface area contributed by atoms with Crippen LogP contribution in [-0.4, -0.2) is 37.2 Å². The molecule has 43 heavy (non-hydrogen) atoms. The van der Waals surface area contributed by atoms with E-state index in [1.54, 1.807) is 18.1 Å². The summed E-state index contributed by atoms with van der Waals surface area (Å²) in [6, 6.07) is 26.7. The number of fused-ring (bicyclic) bond motifs is 1. The van der Waals surface area contributed by atoms with Crippen LogP contribution in [0.15, 0.2) is 100 Å². The number of benzene rings is 3. The van der Waals surface area contributed by atoms with E-state index < -0.39 is 6.04 Å². The van der Waals surface area contributed by atoms with Gasteiger partial charge in [0, 0.05) is 29.2 Å². The second-order valence-corrected chi connectivity index (χ2v) is 10.8. The summed E-state index contributed by atoms with van der Waals surface area (Å²) in [7, 11) is 1.64. The van der Waals surface area contributed by atoms with Crippen molar-refractivity contribution < 1.29 is 9.15 Å². The van der Waals surface area contributed by atoms with Crippen molar-refractivity contribution in [2.24, 2.45) is 0 Å². The van der Waals surface area contributed by atoms with E-state index in [0.29, 0.717) is 41.8 Å². The molecule has 10 heteroatoms. The average molecular weight is 595 g/mol. The summed E-state index contributed by atoms with van der Waals surface area (Å²) < 4.78 is 12.7. The van der Waals surface area contributed by atoms with Crippen molar-refractivity contribution in [1.29, 1.82) is 0 Å². The molecule has 0 aliphatic heterocycles. The smallest absolute Gasteiger partial charge is 0.253 e. The molecule has 1 unspecified atom stereocenters. The number of furan rings is 1. The van der Waals surface area contributed by atoms with Crippen molar-refractivity contribution in [1.82, 2.24) is 30.1 Å². The molecule has 0 aliphatic rings. The maximum absolute atomic E-state index is 13.9. The van der Waals surface area contributed by atoms with Gasteiger partial charge >= 0.3 is 0 Å². The first-order chi connectivity index (χ1) is 21.0. The Labute approximate surface area is 253 Å². The highest BCUT2D eigenvalue weighted by Crippen LogP contribution is 2.32. The lowest BCUT2D eigenvalue weighted by molar-refractivity contribution is 0.193. The molecule has 6 rings (SSSR count). The van der Waals surface area contributed by atoms with Crippen molar-refractivity contribution >= 4 is 22.5 Å². The highest BCUT2D eigenvalue weighted by atomic mass is 35.5. The Bertz CT molecular complexity index is 1880. The first-order valence-corrected chi connectivity index (χ1v) is 14.4. The van der Waals surface area contributed by atoms with Crippen LogP contribution in [0.25, 0.3) is 10.9 Å². The van der Waals surface area contributed by atoms with Gasteiger partial charge in [-0.2, -0.15) is 0 Å². The highest BCUT2D eigenvalue weighted by molar-refractivity contribution is 6.31. The standard InChI is InChI=1S/C33H31ClN6O3/c1-3-22-12-15-30-25(17-22)18-28(33(41)35-30)31(32-36-37-38-40(32)21-27-8-6-16-43-27)39(20-24-7-4-5-9-29(24)34)19-23-10-13-26(42-2)14-11-23/h4-18,31H,3,19-21H2,1-2H3,(H,35,41). The number of aromatic nitrogens is 5. The molecule has 3 aromatic carbocycles. The van der Waals surface area contributed by atoms with Gasteiger partial charge in [-0.1, -0.05) is 54.9 Å². The first-order valence-electron chi connectivity index (χ1n) is 14.1. The maximum atomic E-state index is 13.9. The molecule has 9 nitrogen and oxygen atoms in total. The summed E-state index contributed by atoms with van der Waals surface area (Å²) in [6.07, 6.45) is 2.49. The second-order valence-electron chi connectivity index (χ2n) is 10.4.